The Morgan fingerprint density at radius 2 is 2.00 bits per heavy atom. The summed E-state index contributed by atoms with van der Waals surface area (Å²) in [4.78, 5) is 14.5. The second kappa shape index (κ2) is 6.55. The monoisotopic (exact) mass is 340 g/mol. The smallest absolute Gasteiger partial charge is 0.255 e. The van der Waals surface area contributed by atoms with Gasteiger partial charge in [-0.1, -0.05) is 12.1 Å². The third-order valence-electron chi connectivity index (χ3n) is 4.28. The maximum Gasteiger partial charge on any atom is 0.255 e. The number of benzene rings is 1. The predicted molar refractivity (Wildman–Crippen MR) is 94.2 cm³/mol. The normalized spacial score (nSPS) is 10.9. The Morgan fingerprint density at radius 1 is 1.28 bits per heavy atom. The third-order valence-corrected chi connectivity index (χ3v) is 4.28. The lowest BCUT2D eigenvalue weighted by molar-refractivity contribution is 0.0784. The van der Waals surface area contributed by atoms with Crippen LogP contribution >= 0.6 is 0 Å². The van der Waals surface area contributed by atoms with Crippen molar-refractivity contribution in [3.8, 4) is 5.69 Å². The van der Waals surface area contributed by atoms with Crippen LogP contribution in [0.5, 0.6) is 0 Å². The number of carbonyl (C=O) groups is 1. The number of para-hydroxylation sites is 1. The molecule has 25 heavy (non-hydrogen) atoms. The van der Waals surface area contributed by atoms with Crippen molar-refractivity contribution in [1.82, 2.24) is 19.2 Å². The number of rotatable bonds is 4. The average molecular weight is 340 g/mol. The Hall–Kier alpha value is -2.89. The van der Waals surface area contributed by atoms with E-state index in [2.05, 4.69) is 5.10 Å². The molecular formula is C19H21FN4O. The molecule has 0 saturated heterocycles. The molecule has 6 heteroatoms. The van der Waals surface area contributed by atoms with Gasteiger partial charge < -0.3 is 9.47 Å². The zero-order chi connectivity index (χ0) is 18.1. The summed E-state index contributed by atoms with van der Waals surface area (Å²) in [5, 5.41) is 4.12. The number of hydrogen-bond donors (Lipinski definition) is 0. The fourth-order valence-electron chi connectivity index (χ4n) is 3.09. The van der Waals surface area contributed by atoms with E-state index in [9.17, 15) is 9.18 Å². The van der Waals surface area contributed by atoms with Gasteiger partial charge in [0.1, 0.15) is 5.82 Å². The van der Waals surface area contributed by atoms with Crippen LogP contribution in [-0.2, 0) is 13.6 Å². The maximum absolute atomic E-state index is 14.2. The molecule has 0 aliphatic carbocycles. The summed E-state index contributed by atoms with van der Waals surface area (Å²) in [5.41, 5.74) is 3.53. The Kier molecular flexibility index (Phi) is 4.44. The number of halogens is 1. The summed E-state index contributed by atoms with van der Waals surface area (Å²) in [5.74, 6) is -0.411. The van der Waals surface area contributed by atoms with Crippen molar-refractivity contribution in [2.24, 2.45) is 7.05 Å². The van der Waals surface area contributed by atoms with Crippen molar-refractivity contribution >= 4 is 5.91 Å². The molecule has 0 fully saturated rings. The van der Waals surface area contributed by atoms with Crippen LogP contribution in [0, 0.1) is 19.7 Å². The van der Waals surface area contributed by atoms with Gasteiger partial charge in [0.15, 0.2) is 0 Å². The van der Waals surface area contributed by atoms with E-state index < -0.39 is 0 Å². The summed E-state index contributed by atoms with van der Waals surface area (Å²) in [6.07, 6.45) is 3.62. The Balaban J connectivity index is 1.91. The summed E-state index contributed by atoms with van der Waals surface area (Å²) < 4.78 is 17.7. The molecule has 0 aliphatic heterocycles. The van der Waals surface area contributed by atoms with Crippen molar-refractivity contribution in [2.45, 2.75) is 20.4 Å². The fraction of sp³-hybridized carbons (Fsp3) is 0.263. The van der Waals surface area contributed by atoms with E-state index in [-0.39, 0.29) is 11.7 Å². The summed E-state index contributed by atoms with van der Waals surface area (Å²) in [7, 11) is 3.60. The van der Waals surface area contributed by atoms with Gasteiger partial charge in [0.2, 0.25) is 0 Å². The van der Waals surface area contributed by atoms with Gasteiger partial charge in [-0.3, -0.25) is 9.48 Å². The molecule has 0 unspecified atom stereocenters. The van der Waals surface area contributed by atoms with Gasteiger partial charge in [-0.2, -0.15) is 5.10 Å². The molecular weight excluding hydrogens is 319 g/mol. The van der Waals surface area contributed by atoms with Crippen LogP contribution in [0.25, 0.3) is 5.69 Å². The Morgan fingerprint density at radius 3 is 2.64 bits per heavy atom. The molecule has 0 spiro atoms. The molecule has 130 valence electrons. The number of hydrogen-bond acceptors (Lipinski definition) is 2. The van der Waals surface area contributed by atoms with Gasteiger partial charge in [0, 0.05) is 43.8 Å². The van der Waals surface area contributed by atoms with E-state index in [1.165, 1.54) is 6.07 Å². The van der Waals surface area contributed by atoms with E-state index in [4.69, 9.17) is 0 Å². The van der Waals surface area contributed by atoms with E-state index in [1.54, 1.807) is 45.6 Å². The minimum absolute atomic E-state index is 0.0976. The van der Waals surface area contributed by atoms with Gasteiger partial charge in [0.25, 0.3) is 5.91 Å². The predicted octanol–water partition coefficient (Wildman–Crippen LogP) is 3.24. The lowest BCUT2D eigenvalue weighted by Gasteiger charge is -2.16. The lowest BCUT2D eigenvalue weighted by Crippen LogP contribution is -2.26. The Bertz CT molecular complexity index is 925. The topological polar surface area (TPSA) is 43.1 Å². The minimum atomic E-state index is -0.313. The SMILES string of the molecule is Cc1cc(C(=O)N(C)Cc2cnn(C)c2)c(C)n1-c1ccccc1F. The second-order valence-corrected chi connectivity index (χ2v) is 6.26. The van der Waals surface area contributed by atoms with Gasteiger partial charge >= 0.3 is 0 Å². The second-order valence-electron chi connectivity index (χ2n) is 6.26. The first-order valence-electron chi connectivity index (χ1n) is 8.05. The fourth-order valence-corrected chi connectivity index (χ4v) is 3.09. The van der Waals surface area contributed by atoms with Crippen LogP contribution in [0.3, 0.4) is 0 Å². The van der Waals surface area contributed by atoms with Crippen molar-refractivity contribution < 1.29 is 9.18 Å². The largest absolute Gasteiger partial charge is 0.337 e. The number of aromatic nitrogens is 3. The molecule has 2 heterocycles. The highest BCUT2D eigenvalue weighted by atomic mass is 19.1. The highest BCUT2D eigenvalue weighted by Crippen LogP contribution is 2.24. The Labute approximate surface area is 146 Å². The molecule has 0 saturated carbocycles. The molecule has 0 radical (unpaired) electrons. The van der Waals surface area contributed by atoms with Crippen LogP contribution < -0.4 is 0 Å². The minimum Gasteiger partial charge on any atom is -0.337 e. The van der Waals surface area contributed by atoms with E-state index in [0.29, 0.717) is 17.8 Å². The van der Waals surface area contributed by atoms with Crippen molar-refractivity contribution in [2.75, 3.05) is 7.05 Å². The molecule has 2 aromatic heterocycles. The quantitative estimate of drug-likeness (QED) is 0.732. The number of carbonyl (C=O) groups excluding carboxylic acids is 1. The van der Waals surface area contributed by atoms with Crippen LogP contribution in [-0.4, -0.2) is 32.2 Å². The number of aryl methyl sites for hydroxylation is 2. The summed E-state index contributed by atoms with van der Waals surface area (Å²) >= 11 is 0. The van der Waals surface area contributed by atoms with Crippen molar-refractivity contribution in [3.63, 3.8) is 0 Å². The average Bonchev–Trinajstić information content (AvgIpc) is 3.10. The molecule has 0 aliphatic rings. The van der Waals surface area contributed by atoms with Crippen LogP contribution in [0.15, 0.2) is 42.7 Å². The third kappa shape index (κ3) is 3.20. The molecule has 0 atom stereocenters. The van der Waals surface area contributed by atoms with Crippen LogP contribution in [0.2, 0.25) is 0 Å². The summed E-state index contributed by atoms with van der Waals surface area (Å²) in [6.45, 7) is 4.18. The zero-order valence-corrected chi connectivity index (χ0v) is 14.8. The zero-order valence-electron chi connectivity index (χ0n) is 14.8. The van der Waals surface area contributed by atoms with Gasteiger partial charge in [-0.15, -0.1) is 0 Å². The van der Waals surface area contributed by atoms with E-state index in [1.807, 2.05) is 33.2 Å². The molecule has 5 nitrogen and oxygen atoms in total. The molecule has 3 aromatic rings. The molecule has 0 bridgehead atoms. The lowest BCUT2D eigenvalue weighted by atomic mass is 10.2. The van der Waals surface area contributed by atoms with E-state index >= 15 is 0 Å². The highest BCUT2D eigenvalue weighted by molar-refractivity contribution is 5.95. The van der Waals surface area contributed by atoms with E-state index in [0.717, 1.165) is 17.0 Å². The first kappa shape index (κ1) is 17.0. The highest BCUT2D eigenvalue weighted by Gasteiger charge is 2.21. The van der Waals surface area contributed by atoms with Gasteiger partial charge in [-0.05, 0) is 32.0 Å². The maximum atomic E-state index is 14.2. The van der Waals surface area contributed by atoms with Gasteiger partial charge in [0.05, 0.1) is 17.4 Å². The molecule has 0 N–H and O–H groups in total. The van der Waals surface area contributed by atoms with Gasteiger partial charge in [-0.25, -0.2) is 4.39 Å². The van der Waals surface area contributed by atoms with Crippen LogP contribution in [0.4, 0.5) is 4.39 Å². The van der Waals surface area contributed by atoms with Crippen molar-refractivity contribution in [1.29, 1.82) is 0 Å². The van der Waals surface area contributed by atoms with Crippen LogP contribution in [0.1, 0.15) is 27.3 Å². The standard InChI is InChI=1S/C19H21FN4O/c1-13-9-16(14(2)24(13)18-8-6-5-7-17(18)20)19(25)22(3)11-15-10-21-23(4)12-15/h5-10,12H,11H2,1-4H3. The molecule has 1 aromatic carbocycles. The summed E-state index contributed by atoms with van der Waals surface area (Å²) in [6, 6.07) is 8.38. The van der Waals surface area contributed by atoms with Crippen molar-refractivity contribution in [3.05, 3.63) is 71.1 Å². The number of amides is 1. The first-order valence-corrected chi connectivity index (χ1v) is 8.05. The molecule has 1 amide bonds. The molecule has 3 rings (SSSR count). The number of nitrogens with zero attached hydrogens (tertiary/aromatic N) is 4. The first-order chi connectivity index (χ1) is 11.9.